The van der Waals surface area contributed by atoms with E-state index in [9.17, 15) is 13.2 Å². The monoisotopic (exact) mass is 350 g/mol. The average molecular weight is 350 g/mol. The minimum absolute atomic E-state index is 0.0120. The molecule has 0 spiro atoms. The van der Waals surface area contributed by atoms with Crippen molar-refractivity contribution in [1.82, 2.24) is 10.3 Å². The topological polar surface area (TPSA) is 76.1 Å². The van der Waals surface area contributed by atoms with Gasteiger partial charge in [0.05, 0.1) is 29.2 Å². The Bertz CT molecular complexity index is 815. The van der Waals surface area contributed by atoms with Gasteiger partial charge in [0.2, 0.25) is 5.91 Å². The highest BCUT2D eigenvalue weighted by Gasteiger charge is 2.39. The molecule has 1 aliphatic heterocycles. The zero-order chi connectivity index (χ0) is 16.5. The quantitative estimate of drug-likeness (QED) is 0.915. The Morgan fingerprint density at radius 1 is 1.35 bits per heavy atom. The van der Waals surface area contributed by atoms with E-state index in [2.05, 4.69) is 10.3 Å². The van der Waals surface area contributed by atoms with Crippen molar-refractivity contribution in [2.75, 3.05) is 11.5 Å². The molecule has 5 nitrogen and oxygen atoms in total. The Kier molecular flexibility index (Phi) is 4.25. The molecular formula is C16H18N2O3S2. The summed E-state index contributed by atoms with van der Waals surface area (Å²) < 4.78 is 23.2. The Labute approximate surface area is 139 Å². The number of nitrogens with one attached hydrogen (secondary N) is 1. The highest BCUT2D eigenvalue weighted by molar-refractivity contribution is 7.91. The Morgan fingerprint density at radius 3 is 2.74 bits per heavy atom. The van der Waals surface area contributed by atoms with Gasteiger partial charge in [-0.1, -0.05) is 30.3 Å². The molecule has 7 heteroatoms. The molecule has 1 aliphatic rings. The second-order valence-electron chi connectivity index (χ2n) is 6.14. The summed E-state index contributed by atoms with van der Waals surface area (Å²) in [5, 5.41) is 5.60. The molecule has 1 aromatic heterocycles. The van der Waals surface area contributed by atoms with Crippen molar-refractivity contribution in [1.29, 1.82) is 0 Å². The predicted molar refractivity (Wildman–Crippen MR) is 91.1 cm³/mol. The van der Waals surface area contributed by atoms with E-state index in [1.54, 1.807) is 6.92 Å². The van der Waals surface area contributed by atoms with Crippen molar-refractivity contribution in [3.8, 4) is 10.6 Å². The van der Waals surface area contributed by atoms with Gasteiger partial charge in [-0.25, -0.2) is 13.4 Å². The van der Waals surface area contributed by atoms with Gasteiger partial charge in [0, 0.05) is 10.9 Å². The molecule has 0 bridgehead atoms. The van der Waals surface area contributed by atoms with E-state index in [0.29, 0.717) is 12.1 Å². The Hall–Kier alpha value is -1.73. The number of nitrogens with zero attached hydrogens (tertiary/aromatic N) is 1. The number of benzene rings is 1. The molecule has 2 aromatic rings. The summed E-state index contributed by atoms with van der Waals surface area (Å²) in [7, 11) is -3.03. The smallest absolute Gasteiger partial charge is 0.226 e. The molecule has 1 fully saturated rings. The molecule has 3 rings (SSSR count). The van der Waals surface area contributed by atoms with Gasteiger partial charge in [-0.15, -0.1) is 11.3 Å². The molecule has 1 atom stereocenters. The highest BCUT2D eigenvalue weighted by Crippen LogP contribution is 2.25. The molecule has 0 radical (unpaired) electrons. The molecule has 0 unspecified atom stereocenters. The molecule has 23 heavy (non-hydrogen) atoms. The number of amides is 1. The van der Waals surface area contributed by atoms with Crippen molar-refractivity contribution in [3.63, 3.8) is 0 Å². The van der Waals surface area contributed by atoms with Crippen molar-refractivity contribution in [2.24, 2.45) is 0 Å². The van der Waals surface area contributed by atoms with E-state index < -0.39 is 15.4 Å². The normalized spacial score (nSPS) is 22.8. The van der Waals surface area contributed by atoms with Gasteiger partial charge in [-0.05, 0) is 13.3 Å². The maximum absolute atomic E-state index is 12.2. The van der Waals surface area contributed by atoms with Gasteiger partial charge in [0.25, 0.3) is 0 Å². The minimum Gasteiger partial charge on any atom is -0.350 e. The summed E-state index contributed by atoms with van der Waals surface area (Å²) in [6.45, 7) is 1.78. The molecule has 1 aromatic carbocycles. The molecule has 0 saturated carbocycles. The number of hydrogen-bond donors (Lipinski definition) is 1. The summed E-state index contributed by atoms with van der Waals surface area (Å²) in [5.41, 5.74) is 1.07. The minimum atomic E-state index is -3.03. The first-order valence-corrected chi connectivity index (χ1v) is 10.1. The summed E-state index contributed by atoms with van der Waals surface area (Å²) >= 11 is 1.50. The van der Waals surface area contributed by atoms with E-state index in [-0.39, 0.29) is 23.8 Å². The maximum Gasteiger partial charge on any atom is 0.226 e. The summed E-state index contributed by atoms with van der Waals surface area (Å²) in [5.74, 6) is -0.0361. The zero-order valence-electron chi connectivity index (χ0n) is 12.8. The van der Waals surface area contributed by atoms with E-state index in [1.165, 1.54) is 11.3 Å². The molecule has 0 aliphatic carbocycles. The number of thiazole rings is 1. The van der Waals surface area contributed by atoms with E-state index in [0.717, 1.165) is 10.6 Å². The van der Waals surface area contributed by atoms with Crippen LogP contribution in [0.15, 0.2) is 35.7 Å². The van der Waals surface area contributed by atoms with Crippen LogP contribution in [0.1, 0.15) is 19.0 Å². The highest BCUT2D eigenvalue weighted by atomic mass is 32.2. The standard InChI is InChI=1S/C16H18N2O3S2/c1-16(7-8-23(20,21)11-16)18-14(19)9-13-10-22-15(17-13)12-5-3-2-4-6-12/h2-6,10H,7-9,11H2,1H3,(H,18,19)/t16-/m1/s1. The zero-order valence-corrected chi connectivity index (χ0v) is 14.4. The predicted octanol–water partition coefficient (Wildman–Crippen LogP) is 2.05. The second-order valence-corrected chi connectivity index (χ2v) is 9.18. The van der Waals surface area contributed by atoms with Crippen molar-refractivity contribution in [2.45, 2.75) is 25.3 Å². The number of hydrogen-bond acceptors (Lipinski definition) is 5. The van der Waals surface area contributed by atoms with E-state index in [1.807, 2.05) is 35.7 Å². The first-order chi connectivity index (χ1) is 10.9. The second kappa shape index (κ2) is 6.05. The van der Waals surface area contributed by atoms with E-state index >= 15 is 0 Å². The fourth-order valence-electron chi connectivity index (χ4n) is 2.76. The van der Waals surface area contributed by atoms with Gasteiger partial charge in [0.1, 0.15) is 5.01 Å². The fraction of sp³-hybridized carbons (Fsp3) is 0.375. The molecular weight excluding hydrogens is 332 g/mol. The SMILES string of the molecule is C[C@@]1(NC(=O)Cc2csc(-c3ccccc3)n2)CCS(=O)(=O)C1. The van der Waals surface area contributed by atoms with Crippen LogP contribution in [0.4, 0.5) is 0 Å². The lowest BCUT2D eigenvalue weighted by molar-refractivity contribution is -0.121. The van der Waals surface area contributed by atoms with Gasteiger partial charge in [0.15, 0.2) is 9.84 Å². The van der Waals surface area contributed by atoms with Crippen LogP contribution < -0.4 is 5.32 Å². The molecule has 1 amide bonds. The number of carbonyl (C=O) groups excluding carboxylic acids is 1. The van der Waals surface area contributed by atoms with Crippen LogP contribution in [0.3, 0.4) is 0 Å². The van der Waals surface area contributed by atoms with Crippen LogP contribution in [-0.4, -0.2) is 36.4 Å². The first kappa shape index (κ1) is 16.1. The van der Waals surface area contributed by atoms with Gasteiger partial charge in [-0.3, -0.25) is 4.79 Å². The third kappa shape index (κ3) is 3.97. The number of sulfone groups is 1. The lowest BCUT2D eigenvalue weighted by Crippen LogP contribution is -2.47. The van der Waals surface area contributed by atoms with Crippen LogP contribution in [0.5, 0.6) is 0 Å². The molecule has 1 N–H and O–H groups in total. The lowest BCUT2D eigenvalue weighted by atomic mass is 10.0. The van der Waals surface area contributed by atoms with Crippen LogP contribution >= 0.6 is 11.3 Å². The fourth-order valence-corrected chi connectivity index (χ4v) is 5.67. The van der Waals surface area contributed by atoms with Crippen molar-refractivity contribution >= 4 is 27.1 Å². The van der Waals surface area contributed by atoms with Gasteiger partial charge in [-0.2, -0.15) is 0 Å². The average Bonchev–Trinajstić information content (AvgIpc) is 3.04. The number of carbonyl (C=O) groups is 1. The first-order valence-electron chi connectivity index (χ1n) is 7.37. The lowest BCUT2D eigenvalue weighted by Gasteiger charge is -2.23. The number of rotatable bonds is 4. The van der Waals surface area contributed by atoms with Crippen LogP contribution in [0.2, 0.25) is 0 Å². The largest absolute Gasteiger partial charge is 0.350 e. The molecule has 2 heterocycles. The van der Waals surface area contributed by atoms with Crippen LogP contribution in [-0.2, 0) is 21.1 Å². The van der Waals surface area contributed by atoms with Gasteiger partial charge < -0.3 is 5.32 Å². The Balaban J connectivity index is 1.64. The summed E-state index contributed by atoms with van der Waals surface area (Å²) in [6.07, 6.45) is 0.631. The van der Waals surface area contributed by atoms with Crippen LogP contribution in [0.25, 0.3) is 10.6 Å². The molecule has 1 saturated heterocycles. The Morgan fingerprint density at radius 2 is 2.09 bits per heavy atom. The summed E-state index contributed by atoms with van der Waals surface area (Å²) in [6, 6.07) is 9.80. The maximum atomic E-state index is 12.2. The third-order valence-electron chi connectivity index (χ3n) is 3.86. The third-order valence-corrected chi connectivity index (χ3v) is 6.70. The van der Waals surface area contributed by atoms with E-state index in [4.69, 9.17) is 0 Å². The molecule has 122 valence electrons. The van der Waals surface area contributed by atoms with Crippen molar-refractivity contribution < 1.29 is 13.2 Å². The van der Waals surface area contributed by atoms with Gasteiger partial charge >= 0.3 is 0 Å². The van der Waals surface area contributed by atoms with Crippen molar-refractivity contribution in [3.05, 3.63) is 41.4 Å². The summed E-state index contributed by atoms with van der Waals surface area (Å²) in [4.78, 5) is 16.7. The number of aromatic nitrogens is 1. The van der Waals surface area contributed by atoms with Crippen LogP contribution in [0, 0.1) is 0 Å².